The van der Waals surface area contributed by atoms with E-state index in [1.807, 2.05) is 7.11 Å². The van der Waals surface area contributed by atoms with Crippen LogP contribution in [0.1, 0.15) is 27.7 Å². The highest BCUT2D eigenvalue weighted by atomic mass is 28.3. The van der Waals surface area contributed by atoms with Crippen molar-refractivity contribution in [3.05, 3.63) is 0 Å². The van der Waals surface area contributed by atoms with Gasteiger partial charge < -0.3 is 8.99 Å². The fourth-order valence-electron chi connectivity index (χ4n) is 1.27. The molecule has 0 spiro atoms. The molecule has 0 fully saturated rings. The summed E-state index contributed by atoms with van der Waals surface area (Å²) in [6.45, 7) is 11.1. The third kappa shape index (κ3) is 3.36. The van der Waals surface area contributed by atoms with E-state index in [4.69, 9.17) is 4.43 Å². The van der Waals surface area contributed by atoms with Crippen LogP contribution in [-0.4, -0.2) is 34.0 Å². The maximum Gasteiger partial charge on any atom is 0.308 e. The van der Waals surface area contributed by atoms with Crippen LogP contribution in [0, 0.1) is 0 Å². The quantitative estimate of drug-likeness (QED) is 0.590. The number of rotatable bonds is 5. The van der Waals surface area contributed by atoms with E-state index in [0.717, 1.165) is 13.1 Å². The average Bonchev–Trinajstić information content (AvgIpc) is 1.99. The summed E-state index contributed by atoms with van der Waals surface area (Å²) < 4.78 is 7.91. The molecule has 0 N–H and O–H groups in total. The first-order chi connectivity index (χ1) is 5.17. The van der Waals surface area contributed by atoms with Gasteiger partial charge in [-0.25, -0.2) is 0 Å². The van der Waals surface area contributed by atoms with Gasteiger partial charge in [0.1, 0.15) is 0 Å². The lowest BCUT2D eigenvalue weighted by Gasteiger charge is -2.27. The van der Waals surface area contributed by atoms with Crippen molar-refractivity contribution < 1.29 is 4.43 Å². The average molecular weight is 174 g/mol. The van der Waals surface area contributed by atoms with Crippen LogP contribution in [0.3, 0.4) is 0 Å². The Hall–Kier alpha value is 0.137. The van der Waals surface area contributed by atoms with E-state index < -0.39 is 9.20 Å². The lowest BCUT2D eigenvalue weighted by atomic mass is 10.6. The second-order valence-corrected chi connectivity index (χ2v) is 5.74. The Morgan fingerprint density at radius 2 is 1.73 bits per heavy atom. The van der Waals surface area contributed by atoms with Crippen molar-refractivity contribution in [3.8, 4) is 0 Å². The molecular formula is C8H20NOSi. The van der Waals surface area contributed by atoms with E-state index >= 15 is 0 Å². The monoisotopic (exact) mass is 174 g/mol. The van der Waals surface area contributed by atoms with Gasteiger partial charge in [-0.1, -0.05) is 27.7 Å². The van der Waals surface area contributed by atoms with Crippen molar-refractivity contribution in [1.29, 1.82) is 0 Å². The Labute approximate surface area is 72.3 Å². The smallest absolute Gasteiger partial charge is 0.308 e. The molecule has 1 radical (unpaired) electrons. The van der Waals surface area contributed by atoms with Gasteiger partial charge >= 0.3 is 9.20 Å². The number of hydrogen-bond donors (Lipinski definition) is 0. The van der Waals surface area contributed by atoms with Crippen LogP contribution in [0.4, 0.5) is 0 Å². The molecule has 0 bridgehead atoms. The molecule has 0 aliphatic rings. The molecule has 0 aliphatic carbocycles. The van der Waals surface area contributed by atoms with Gasteiger partial charge in [0.2, 0.25) is 0 Å². The molecular weight excluding hydrogens is 154 g/mol. The summed E-state index contributed by atoms with van der Waals surface area (Å²) in [4.78, 5) is 0. The zero-order valence-corrected chi connectivity index (χ0v) is 9.35. The first-order valence-electron chi connectivity index (χ1n) is 4.33. The Morgan fingerprint density at radius 1 is 1.27 bits per heavy atom. The van der Waals surface area contributed by atoms with Gasteiger partial charge in [-0.2, -0.15) is 0 Å². The van der Waals surface area contributed by atoms with Crippen LogP contribution in [0.5, 0.6) is 0 Å². The SMILES string of the molecule is CCN(CC)[Si](OC)C(C)C. The molecule has 3 heteroatoms. The lowest BCUT2D eigenvalue weighted by Crippen LogP contribution is -2.42. The molecule has 0 saturated heterocycles. The van der Waals surface area contributed by atoms with E-state index in [1.54, 1.807) is 0 Å². The van der Waals surface area contributed by atoms with Gasteiger partial charge in [-0.15, -0.1) is 0 Å². The minimum absolute atomic E-state index is 0.671. The zero-order chi connectivity index (χ0) is 8.85. The summed E-state index contributed by atoms with van der Waals surface area (Å²) in [6, 6.07) is 0. The Balaban J connectivity index is 3.98. The highest BCUT2D eigenvalue weighted by Gasteiger charge is 2.22. The third-order valence-electron chi connectivity index (χ3n) is 1.78. The minimum atomic E-state index is -0.708. The fraction of sp³-hybridized carbons (Fsp3) is 1.00. The van der Waals surface area contributed by atoms with Gasteiger partial charge in [0, 0.05) is 7.11 Å². The topological polar surface area (TPSA) is 12.5 Å². The Kier molecular flexibility index (Phi) is 5.82. The lowest BCUT2D eigenvalue weighted by molar-refractivity contribution is 0.318. The van der Waals surface area contributed by atoms with Crippen molar-refractivity contribution in [2.24, 2.45) is 0 Å². The molecule has 0 heterocycles. The molecule has 0 aromatic carbocycles. The molecule has 0 aromatic heterocycles. The maximum absolute atomic E-state index is 5.48. The molecule has 0 saturated carbocycles. The minimum Gasteiger partial charge on any atom is -0.406 e. The molecule has 0 unspecified atom stereocenters. The molecule has 0 rings (SSSR count). The third-order valence-corrected chi connectivity index (χ3v) is 4.44. The van der Waals surface area contributed by atoms with Gasteiger partial charge in [-0.3, -0.25) is 0 Å². The standard InChI is InChI=1S/C8H20NOSi/c1-6-9(7-2)11(10-5)8(3)4/h8H,6-7H2,1-5H3. The molecule has 0 aliphatic heterocycles. The van der Waals surface area contributed by atoms with Crippen molar-refractivity contribution >= 4 is 9.20 Å². The molecule has 2 nitrogen and oxygen atoms in total. The highest BCUT2D eigenvalue weighted by Crippen LogP contribution is 2.11. The van der Waals surface area contributed by atoms with Crippen LogP contribution in [0.2, 0.25) is 5.54 Å². The van der Waals surface area contributed by atoms with Crippen molar-refractivity contribution in [2.45, 2.75) is 33.2 Å². The van der Waals surface area contributed by atoms with E-state index in [0.29, 0.717) is 5.54 Å². The molecule has 0 aromatic rings. The molecule has 11 heavy (non-hydrogen) atoms. The molecule has 0 atom stereocenters. The fourth-order valence-corrected chi connectivity index (χ4v) is 3.35. The zero-order valence-electron chi connectivity index (χ0n) is 8.35. The summed E-state index contributed by atoms with van der Waals surface area (Å²) in [6.07, 6.45) is 0. The summed E-state index contributed by atoms with van der Waals surface area (Å²) in [7, 11) is 1.12. The second-order valence-electron chi connectivity index (χ2n) is 2.87. The van der Waals surface area contributed by atoms with Crippen molar-refractivity contribution in [2.75, 3.05) is 20.2 Å². The van der Waals surface area contributed by atoms with Gasteiger partial charge in [0.05, 0.1) is 0 Å². The van der Waals surface area contributed by atoms with Crippen LogP contribution in [-0.2, 0) is 4.43 Å². The van der Waals surface area contributed by atoms with Crippen LogP contribution < -0.4 is 0 Å². The van der Waals surface area contributed by atoms with Crippen LogP contribution in [0.25, 0.3) is 0 Å². The van der Waals surface area contributed by atoms with E-state index in [1.165, 1.54) is 0 Å². The second kappa shape index (κ2) is 5.74. The molecule has 0 amide bonds. The first-order valence-corrected chi connectivity index (χ1v) is 5.76. The summed E-state index contributed by atoms with van der Waals surface area (Å²) in [5, 5.41) is 0. The highest BCUT2D eigenvalue weighted by molar-refractivity contribution is 6.50. The summed E-state index contributed by atoms with van der Waals surface area (Å²) in [5.41, 5.74) is 0.671. The van der Waals surface area contributed by atoms with Crippen LogP contribution >= 0.6 is 0 Å². The number of hydrogen-bond acceptors (Lipinski definition) is 2. The Bertz CT molecular complexity index is 94.1. The first kappa shape index (κ1) is 11.1. The van der Waals surface area contributed by atoms with Crippen molar-refractivity contribution in [3.63, 3.8) is 0 Å². The van der Waals surface area contributed by atoms with Gasteiger partial charge in [0.15, 0.2) is 0 Å². The predicted molar refractivity (Wildman–Crippen MR) is 50.8 cm³/mol. The molecule has 67 valence electrons. The normalized spacial score (nSPS) is 12.0. The maximum atomic E-state index is 5.48. The van der Waals surface area contributed by atoms with Gasteiger partial charge in [0.25, 0.3) is 0 Å². The summed E-state index contributed by atoms with van der Waals surface area (Å²) in [5.74, 6) is 0. The van der Waals surface area contributed by atoms with Crippen LogP contribution in [0.15, 0.2) is 0 Å². The number of nitrogens with zero attached hydrogens (tertiary/aromatic N) is 1. The van der Waals surface area contributed by atoms with Gasteiger partial charge in [-0.05, 0) is 18.6 Å². The predicted octanol–water partition coefficient (Wildman–Crippen LogP) is 1.87. The Morgan fingerprint density at radius 3 is 1.82 bits per heavy atom. The largest absolute Gasteiger partial charge is 0.406 e. The van der Waals surface area contributed by atoms with Crippen molar-refractivity contribution in [1.82, 2.24) is 4.57 Å². The van der Waals surface area contributed by atoms with E-state index in [2.05, 4.69) is 32.3 Å². The summed E-state index contributed by atoms with van der Waals surface area (Å²) >= 11 is 0. The van der Waals surface area contributed by atoms with E-state index in [9.17, 15) is 0 Å². The van der Waals surface area contributed by atoms with E-state index in [-0.39, 0.29) is 0 Å².